The second kappa shape index (κ2) is 10.00. The van der Waals surface area contributed by atoms with Crippen LogP contribution >= 0.6 is 11.3 Å². The molecule has 0 spiro atoms. The summed E-state index contributed by atoms with van der Waals surface area (Å²) in [6, 6.07) is 18.5. The monoisotopic (exact) mass is 384 g/mol. The number of methoxy groups -OCH3 is 2. The zero-order valence-electron chi connectivity index (χ0n) is 15.8. The van der Waals surface area contributed by atoms with Crippen molar-refractivity contribution >= 4 is 11.3 Å². The molecule has 1 aromatic heterocycles. The van der Waals surface area contributed by atoms with Gasteiger partial charge >= 0.3 is 0 Å². The van der Waals surface area contributed by atoms with Gasteiger partial charge in [-0.2, -0.15) is 0 Å². The second-order valence-corrected chi connectivity index (χ2v) is 7.27. The van der Waals surface area contributed by atoms with Crippen LogP contribution in [-0.4, -0.2) is 20.8 Å². The number of quaternary nitrogens is 1. The molecule has 1 heterocycles. The average Bonchev–Trinajstić information content (AvgIpc) is 3.24. The lowest BCUT2D eigenvalue weighted by atomic mass is 10.1. The minimum atomic E-state index is 0.571. The lowest BCUT2D eigenvalue weighted by Crippen LogP contribution is -2.83. The standard InChI is InChI=1S/C22H25NO3S/c1-24-19-8-5-17(6-9-19)11-12-23-15-18-7-10-21(22(14-18)25-2)26-16-20-4-3-13-27-20/h3-10,13-14,23H,11-12,15-16H2,1-2H3/p+1. The van der Waals surface area contributed by atoms with Gasteiger partial charge in [-0.05, 0) is 47.3 Å². The van der Waals surface area contributed by atoms with Crippen molar-refractivity contribution in [1.29, 1.82) is 0 Å². The highest BCUT2D eigenvalue weighted by Crippen LogP contribution is 2.29. The molecule has 0 fully saturated rings. The molecule has 3 rings (SSSR count). The van der Waals surface area contributed by atoms with Crippen LogP contribution in [0.15, 0.2) is 60.0 Å². The van der Waals surface area contributed by atoms with E-state index in [9.17, 15) is 0 Å². The van der Waals surface area contributed by atoms with Crippen LogP contribution in [0.3, 0.4) is 0 Å². The number of ether oxygens (including phenoxy) is 3. The van der Waals surface area contributed by atoms with Crippen molar-refractivity contribution in [2.75, 3.05) is 20.8 Å². The predicted molar refractivity (Wildman–Crippen MR) is 109 cm³/mol. The second-order valence-electron chi connectivity index (χ2n) is 6.23. The molecule has 0 saturated heterocycles. The van der Waals surface area contributed by atoms with E-state index in [2.05, 4.69) is 41.0 Å². The number of nitrogens with two attached hydrogens (primary N) is 1. The quantitative estimate of drug-likeness (QED) is 0.543. The molecular formula is C22H26NO3S+. The van der Waals surface area contributed by atoms with Gasteiger partial charge in [0.05, 0.1) is 20.8 Å². The van der Waals surface area contributed by atoms with Gasteiger partial charge in [0, 0.05) is 16.9 Å². The zero-order valence-corrected chi connectivity index (χ0v) is 16.6. The van der Waals surface area contributed by atoms with Crippen molar-refractivity contribution < 1.29 is 19.5 Å². The predicted octanol–water partition coefficient (Wildman–Crippen LogP) is 3.65. The average molecular weight is 385 g/mol. The van der Waals surface area contributed by atoms with Gasteiger partial charge < -0.3 is 19.5 Å². The Morgan fingerprint density at radius 1 is 0.889 bits per heavy atom. The molecule has 0 saturated carbocycles. The largest absolute Gasteiger partial charge is 0.497 e. The first kappa shape index (κ1) is 19.3. The van der Waals surface area contributed by atoms with Crippen molar-refractivity contribution in [1.82, 2.24) is 0 Å². The minimum Gasteiger partial charge on any atom is -0.497 e. The van der Waals surface area contributed by atoms with Gasteiger partial charge in [-0.25, -0.2) is 0 Å². The number of benzene rings is 2. The lowest BCUT2D eigenvalue weighted by Gasteiger charge is -2.11. The van der Waals surface area contributed by atoms with Crippen LogP contribution in [0.4, 0.5) is 0 Å². The van der Waals surface area contributed by atoms with Crippen molar-refractivity contribution in [3.63, 3.8) is 0 Å². The van der Waals surface area contributed by atoms with Gasteiger partial charge in [-0.1, -0.05) is 18.2 Å². The number of hydrogen-bond acceptors (Lipinski definition) is 4. The number of thiophene rings is 1. The summed E-state index contributed by atoms with van der Waals surface area (Å²) in [7, 11) is 3.38. The van der Waals surface area contributed by atoms with E-state index < -0.39 is 0 Å². The van der Waals surface area contributed by atoms with Crippen LogP contribution in [0.2, 0.25) is 0 Å². The SMILES string of the molecule is COc1ccc(CC[NH2+]Cc2ccc(OCc3cccs3)c(OC)c2)cc1. The van der Waals surface area contributed by atoms with E-state index in [1.54, 1.807) is 25.6 Å². The molecule has 0 amide bonds. The van der Waals surface area contributed by atoms with Crippen LogP contribution < -0.4 is 19.5 Å². The first-order chi connectivity index (χ1) is 13.3. The maximum Gasteiger partial charge on any atom is 0.161 e. The maximum atomic E-state index is 5.89. The summed E-state index contributed by atoms with van der Waals surface area (Å²) >= 11 is 1.69. The Labute approximate surface area is 164 Å². The lowest BCUT2D eigenvalue weighted by molar-refractivity contribution is -0.670. The normalized spacial score (nSPS) is 10.6. The van der Waals surface area contributed by atoms with Gasteiger partial charge in [0.1, 0.15) is 18.9 Å². The van der Waals surface area contributed by atoms with Crippen LogP contribution in [0, 0.1) is 0 Å². The Morgan fingerprint density at radius 3 is 2.41 bits per heavy atom. The molecular weight excluding hydrogens is 358 g/mol. The molecule has 0 radical (unpaired) electrons. The fraction of sp³-hybridized carbons (Fsp3) is 0.273. The van der Waals surface area contributed by atoms with Crippen molar-refractivity contribution in [2.24, 2.45) is 0 Å². The van der Waals surface area contributed by atoms with E-state index in [0.29, 0.717) is 6.61 Å². The van der Waals surface area contributed by atoms with Crippen LogP contribution in [0.1, 0.15) is 16.0 Å². The van der Waals surface area contributed by atoms with Gasteiger partial charge in [-0.3, -0.25) is 0 Å². The summed E-state index contributed by atoms with van der Waals surface area (Å²) in [5.74, 6) is 2.47. The van der Waals surface area contributed by atoms with E-state index in [1.807, 2.05) is 24.3 Å². The minimum absolute atomic E-state index is 0.571. The molecule has 0 unspecified atom stereocenters. The Morgan fingerprint density at radius 2 is 1.70 bits per heavy atom. The molecule has 0 aliphatic rings. The van der Waals surface area contributed by atoms with Gasteiger partial charge in [0.25, 0.3) is 0 Å². The molecule has 5 heteroatoms. The molecule has 142 valence electrons. The first-order valence-corrected chi connectivity index (χ1v) is 9.93. The summed E-state index contributed by atoms with van der Waals surface area (Å²) in [6.45, 7) is 2.52. The van der Waals surface area contributed by atoms with Crippen LogP contribution in [0.25, 0.3) is 0 Å². The number of rotatable bonds is 10. The Kier molecular flexibility index (Phi) is 7.13. The highest BCUT2D eigenvalue weighted by Gasteiger charge is 2.08. The van der Waals surface area contributed by atoms with Crippen molar-refractivity contribution in [3.8, 4) is 17.2 Å². The molecule has 2 aromatic carbocycles. The Hall–Kier alpha value is -2.50. The molecule has 0 bridgehead atoms. The summed E-state index contributed by atoms with van der Waals surface area (Å²) in [6.07, 6.45) is 1.03. The smallest absolute Gasteiger partial charge is 0.161 e. The Balaban J connectivity index is 1.47. The third-order valence-electron chi connectivity index (χ3n) is 4.35. The first-order valence-electron chi connectivity index (χ1n) is 9.05. The topological polar surface area (TPSA) is 44.3 Å². The number of hydrogen-bond donors (Lipinski definition) is 1. The van der Waals surface area contributed by atoms with Gasteiger partial charge in [0.2, 0.25) is 0 Å². The summed E-state index contributed by atoms with van der Waals surface area (Å²) in [5.41, 5.74) is 2.55. The third-order valence-corrected chi connectivity index (χ3v) is 5.20. The van der Waals surface area contributed by atoms with Crippen LogP contribution in [-0.2, 0) is 19.6 Å². The van der Waals surface area contributed by atoms with E-state index in [4.69, 9.17) is 14.2 Å². The molecule has 2 N–H and O–H groups in total. The maximum absolute atomic E-state index is 5.89. The van der Waals surface area contributed by atoms with Gasteiger partial charge in [-0.15, -0.1) is 11.3 Å². The summed E-state index contributed by atoms with van der Waals surface area (Å²) in [4.78, 5) is 1.20. The van der Waals surface area contributed by atoms with E-state index in [1.165, 1.54) is 16.0 Å². The van der Waals surface area contributed by atoms with E-state index >= 15 is 0 Å². The highest BCUT2D eigenvalue weighted by atomic mass is 32.1. The molecule has 0 atom stereocenters. The highest BCUT2D eigenvalue weighted by molar-refractivity contribution is 7.09. The third kappa shape index (κ3) is 5.74. The van der Waals surface area contributed by atoms with Crippen molar-refractivity contribution in [3.05, 3.63) is 76.0 Å². The molecule has 3 aromatic rings. The molecule has 0 aliphatic heterocycles. The molecule has 4 nitrogen and oxygen atoms in total. The zero-order chi connectivity index (χ0) is 18.9. The summed E-state index contributed by atoms with van der Waals surface area (Å²) < 4.78 is 16.6. The van der Waals surface area contributed by atoms with E-state index in [-0.39, 0.29) is 0 Å². The fourth-order valence-corrected chi connectivity index (χ4v) is 3.45. The van der Waals surface area contributed by atoms with Crippen LogP contribution in [0.5, 0.6) is 17.2 Å². The van der Waals surface area contributed by atoms with Gasteiger partial charge in [0.15, 0.2) is 11.5 Å². The fourth-order valence-electron chi connectivity index (χ4n) is 2.83. The summed E-state index contributed by atoms with van der Waals surface area (Å²) in [5, 5.41) is 4.37. The Bertz CT molecular complexity index is 816. The van der Waals surface area contributed by atoms with Crippen molar-refractivity contribution in [2.45, 2.75) is 19.6 Å². The molecule has 0 aliphatic carbocycles. The molecule has 27 heavy (non-hydrogen) atoms. The van der Waals surface area contributed by atoms with E-state index in [0.717, 1.165) is 36.8 Å².